The van der Waals surface area contributed by atoms with E-state index in [4.69, 9.17) is 11.6 Å². The second-order valence-electron chi connectivity index (χ2n) is 6.77. The first-order chi connectivity index (χ1) is 13.0. The summed E-state index contributed by atoms with van der Waals surface area (Å²) < 4.78 is 0. The largest absolute Gasteiger partial charge is 0.357 e. The number of rotatable bonds is 8. The highest BCUT2D eigenvalue weighted by Gasteiger charge is 2.25. The summed E-state index contributed by atoms with van der Waals surface area (Å²) in [6, 6.07) is 4.16. The monoisotopic (exact) mass is 522 g/mol. The highest BCUT2D eigenvalue weighted by atomic mass is 127. The molecule has 0 aliphatic carbocycles. The number of aliphatic imine (C=N–C) groups is 1. The average molecular weight is 523 g/mol. The van der Waals surface area contributed by atoms with Crippen molar-refractivity contribution in [2.24, 2.45) is 4.99 Å². The fourth-order valence-electron chi connectivity index (χ4n) is 2.91. The van der Waals surface area contributed by atoms with Gasteiger partial charge in [0.25, 0.3) is 0 Å². The van der Waals surface area contributed by atoms with Gasteiger partial charge in [-0.25, -0.2) is 4.98 Å². The van der Waals surface area contributed by atoms with Crippen molar-refractivity contribution in [1.29, 1.82) is 0 Å². The molecule has 2 rings (SSSR count). The Kier molecular flexibility index (Phi) is 11.5. The smallest absolute Gasteiger partial charge is 0.222 e. The SMILES string of the molecule is CCNC(=NCCC(=O)NC(C)CC)NC1CCN(c2ncccc2Cl)C1.I. The van der Waals surface area contributed by atoms with Crippen LogP contribution in [0.3, 0.4) is 0 Å². The molecule has 0 spiro atoms. The minimum atomic E-state index is 0. The fourth-order valence-corrected chi connectivity index (χ4v) is 3.15. The second-order valence-corrected chi connectivity index (χ2v) is 7.18. The zero-order valence-electron chi connectivity index (χ0n) is 16.9. The van der Waals surface area contributed by atoms with Crippen LogP contribution in [0.5, 0.6) is 0 Å². The number of carbonyl (C=O) groups is 1. The lowest BCUT2D eigenvalue weighted by Gasteiger charge is -2.20. The van der Waals surface area contributed by atoms with E-state index in [0.717, 1.165) is 44.3 Å². The molecule has 3 N–H and O–H groups in total. The van der Waals surface area contributed by atoms with Crippen LogP contribution in [0.15, 0.2) is 23.3 Å². The molecule has 7 nitrogen and oxygen atoms in total. The molecular weight excluding hydrogens is 491 g/mol. The van der Waals surface area contributed by atoms with Crippen molar-refractivity contribution in [1.82, 2.24) is 20.9 Å². The lowest BCUT2D eigenvalue weighted by atomic mass is 10.2. The van der Waals surface area contributed by atoms with E-state index in [-0.39, 0.29) is 42.0 Å². The van der Waals surface area contributed by atoms with Gasteiger partial charge in [-0.05, 0) is 38.8 Å². The summed E-state index contributed by atoms with van der Waals surface area (Å²) in [6.07, 6.45) is 4.06. The molecule has 2 atom stereocenters. The number of pyridine rings is 1. The Balaban J connectivity index is 0.00000392. The lowest BCUT2D eigenvalue weighted by Crippen LogP contribution is -2.45. The van der Waals surface area contributed by atoms with E-state index in [1.165, 1.54) is 0 Å². The Morgan fingerprint density at radius 3 is 2.93 bits per heavy atom. The van der Waals surface area contributed by atoms with Crippen molar-refractivity contribution in [2.45, 2.75) is 52.1 Å². The topological polar surface area (TPSA) is 81.6 Å². The zero-order valence-corrected chi connectivity index (χ0v) is 20.0. The van der Waals surface area contributed by atoms with Crippen molar-refractivity contribution in [3.05, 3.63) is 23.4 Å². The molecule has 1 aromatic heterocycles. The molecule has 1 aliphatic rings. The first kappa shape index (κ1) is 24.7. The van der Waals surface area contributed by atoms with Crippen molar-refractivity contribution in [3.63, 3.8) is 0 Å². The molecule has 158 valence electrons. The van der Waals surface area contributed by atoms with E-state index in [9.17, 15) is 4.79 Å². The molecule has 2 heterocycles. The Bertz CT molecular complexity index is 645. The number of hydrogen-bond acceptors (Lipinski definition) is 4. The first-order valence-corrected chi connectivity index (χ1v) is 10.1. The van der Waals surface area contributed by atoms with Gasteiger partial charge in [0.1, 0.15) is 5.82 Å². The quantitative estimate of drug-likeness (QED) is 0.278. The van der Waals surface area contributed by atoms with Gasteiger partial charge in [-0.3, -0.25) is 9.79 Å². The number of hydrogen-bond donors (Lipinski definition) is 3. The molecule has 1 saturated heterocycles. The maximum atomic E-state index is 11.9. The summed E-state index contributed by atoms with van der Waals surface area (Å²) in [5.41, 5.74) is 0. The van der Waals surface area contributed by atoms with Crippen LogP contribution in [0, 0.1) is 0 Å². The lowest BCUT2D eigenvalue weighted by molar-refractivity contribution is -0.121. The van der Waals surface area contributed by atoms with Gasteiger partial charge in [0, 0.05) is 44.3 Å². The maximum Gasteiger partial charge on any atom is 0.222 e. The van der Waals surface area contributed by atoms with Gasteiger partial charge >= 0.3 is 0 Å². The van der Waals surface area contributed by atoms with Gasteiger partial charge in [-0.2, -0.15) is 0 Å². The van der Waals surface area contributed by atoms with Gasteiger partial charge in [0.2, 0.25) is 5.91 Å². The minimum Gasteiger partial charge on any atom is -0.357 e. The van der Waals surface area contributed by atoms with Crippen LogP contribution in [0.1, 0.15) is 40.0 Å². The van der Waals surface area contributed by atoms with Gasteiger partial charge in [-0.15, -0.1) is 24.0 Å². The standard InChI is InChI=1S/C19H31ClN6O.HI/c1-4-14(3)24-17(27)8-11-23-19(21-5-2)25-15-9-12-26(13-15)18-16(20)7-6-10-22-18;/h6-7,10,14-15H,4-5,8-9,11-13H2,1-3H3,(H,24,27)(H2,21,23,25);1H. The van der Waals surface area contributed by atoms with E-state index >= 15 is 0 Å². The summed E-state index contributed by atoms with van der Waals surface area (Å²) in [5, 5.41) is 10.3. The van der Waals surface area contributed by atoms with Crippen molar-refractivity contribution in [3.8, 4) is 0 Å². The number of halogens is 2. The molecule has 0 radical (unpaired) electrons. The van der Waals surface area contributed by atoms with Crippen molar-refractivity contribution >= 4 is 53.3 Å². The number of carbonyl (C=O) groups excluding carboxylic acids is 1. The van der Waals surface area contributed by atoms with Gasteiger partial charge in [0.05, 0.1) is 11.6 Å². The maximum absolute atomic E-state index is 11.9. The summed E-state index contributed by atoms with van der Waals surface area (Å²) in [5.74, 6) is 1.61. The molecule has 1 aromatic rings. The van der Waals surface area contributed by atoms with Gasteiger partial charge in [-0.1, -0.05) is 18.5 Å². The van der Waals surface area contributed by atoms with Crippen LogP contribution < -0.4 is 20.9 Å². The predicted octanol–water partition coefficient (Wildman–Crippen LogP) is 2.79. The number of nitrogens with zero attached hydrogens (tertiary/aromatic N) is 3. The Morgan fingerprint density at radius 1 is 1.46 bits per heavy atom. The molecule has 2 unspecified atom stereocenters. The van der Waals surface area contributed by atoms with Crippen LogP contribution >= 0.6 is 35.6 Å². The number of amides is 1. The van der Waals surface area contributed by atoms with Crippen LogP contribution in [-0.2, 0) is 4.79 Å². The third-order valence-electron chi connectivity index (χ3n) is 4.54. The first-order valence-electron chi connectivity index (χ1n) is 9.73. The molecule has 1 fully saturated rings. The highest BCUT2D eigenvalue weighted by Crippen LogP contribution is 2.25. The third-order valence-corrected chi connectivity index (χ3v) is 4.84. The number of anilines is 1. The second kappa shape index (κ2) is 13.0. The molecule has 0 saturated carbocycles. The molecule has 9 heteroatoms. The van der Waals surface area contributed by atoms with E-state index in [0.29, 0.717) is 18.0 Å². The average Bonchev–Trinajstić information content (AvgIpc) is 3.10. The Morgan fingerprint density at radius 2 is 2.25 bits per heavy atom. The summed E-state index contributed by atoms with van der Waals surface area (Å²) >= 11 is 6.25. The van der Waals surface area contributed by atoms with Crippen LogP contribution in [0.2, 0.25) is 5.02 Å². The molecule has 1 aliphatic heterocycles. The molecule has 28 heavy (non-hydrogen) atoms. The summed E-state index contributed by atoms with van der Waals surface area (Å²) in [6.45, 7) is 9.03. The predicted molar refractivity (Wildman–Crippen MR) is 127 cm³/mol. The number of nitrogens with one attached hydrogen (secondary N) is 3. The number of aromatic nitrogens is 1. The molecule has 0 aromatic carbocycles. The highest BCUT2D eigenvalue weighted by molar-refractivity contribution is 14.0. The van der Waals surface area contributed by atoms with Gasteiger partial charge < -0.3 is 20.9 Å². The molecular formula is C19H32ClIN6O. The van der Waals surface area contributed by atoms with E-state index in [1.54, 1.807) is 6.20 Å². The van der Waals surface area contributed by atoms with Gasteiger partial charge in [0.15, 0.2) is 5.96 Å². The zero-order chi connectivity index (χ0) is 19.6. The van der Waals surface area contributed by atoms with E-state index in [2.05, 4.69) is 37.8 Å². The van der Waals surface area contributed by atoms with Crippen molar-refractivity contribution < 1.29 is 4.79 Å². The minimum absolute atomic E-state index is 0. The summed E-state index contributed by atoms with van der Waals surface area (Å²) in [7, 11) is 0. The van der Waals surface area contributed by atoms with E-state index < -0.39 is 0 Å². The van der Waals surface area contributed by atoms with Crippen LogP contribution in [-0.4, -0.2) is 55.1 Å². The Labute approximate surface area is 190 Å². The fraction of sp³-hybridized carbons (Fsp3) is 0.632. The molecule has 0 bridgehead atoms. The van der Waals surface area contributed by atoms with Crippen LogP contribution in [0.25, 0.3) is 0 Å². The third kappa shape index (κ3) is 7.98. The molecule has 1 amide bonds. The van der Waals surface area contributed by atoms with Crippen LogP contribution in [0.4, 0.5) is 5.82 Å². The summed E-state index contributed by atoms with van der Waals surface area (Å²) in [4.78, 5) is 23.0. The Hall–Kier alpha value is -1.29. The normalized spacial score (nSPS) is 17.6. The number of guanidine groups is 1. The van der Waals surface area contributed by atoms with Crippen molar-refractivity contribution in [2.75, 3.05) is 31.1 Å². The van der Waals surface area contributed by atoms with E-state index in [1.807, 2.05) is 26.0 Å².